The summed E-state index contributed by atoms with van der Waals surface area (Å²) >= 11 is 0. The van der Waals surface area contributed by atoms with Crippen molar-refractivity contribution >= 4 is 11.6 Å². The summed E-state index contributed by atoms with van der Waals surface area (Å²) in [5.74, 6) is 0.0975. The minimum absolute atomic E-state index is 0.0975. The van der Waals surface area contributed by atoms with Gasteiger partial charge in [0.25, 0.3) is 0 Å². The van der Waals surface area contributed by atoms with Gasteiger partial charge in [0.15, 0.2) is 0 Å². The Morgan fingerprint density at radius 3 is 2.81 bits per heavy atom. The van der Waals surface area contributed by atoms with Crippen LogP contribution in [0.5, 0.6) is 0 Å². The Morgan fingerprint density at radius 2 is 2.12 bits per heavy atom. The van der Waals surface area contributed by atoms with Gasteiger partial charge in [-0.1, -0.05) is 12.1 Å². The first kappa shape index (κ1) is 11.0. The molecule has 1 aromatic carbocycles. The summed E-state index contributed by atoms with van der Waals surface area (Å²) in [6.45, 7) is 7.58. The van der Waals surface area contributed by atoms with Crippen LogP contribution in [0, 0.1) is 6.92 Å². The van der Waals surface area contributed by atoms with E-state index in [2.05, 4.69) is 35.3 Å². The van der Waals surface area contributed by atoms with Crippen LogP contribution >= 0.6 is 0 Å². The summed E-state index contributed by atoms with van der Waals surface area (Å²) < 4.78 is 0. The highest BCUT2D eigenvalue weighted by Gasteiger charge is 2.37. The molecule has 1 heterocycles. The molecule has 0 saturated carbocycles. The highest BCUT2D eigenvalue weighted by molar-refractivity contribution is 5.90. The van der Waals surface area contributed by atoms with E-state index in [4.69, 9.17) is 0 Å². The standard InChI is InChI=1S/C13H18N2O/c1-10-5-4-6-11(9-10)15-8-7-14-12(16)13(15,2)3/h4-6,9H,7-8H2,1-3H3,(H,14,16). The molecule has 1 aliphatic rings. The Balaban J connectivity index is 2.36. The molecule has 1 saturated heterocycles. The lowest BCUT2D eigenvalue weighted by molar-refractivity contribution is -0.126. The van der Waals surface area contributed by atoms with Crippen LogP contribution < -0.4 is 10.2 Å². The van der Waals surface area contributed by atoms with Gasteiger partial charge in [-0.2, -0.15) is 0 Å². The Labute approximate surface area is 96.5 Å². The van der Waals surface area contributed by atoms with Crippen molar-refractivity contribution in [2.75, 3.05) is 18.0 Å². The number of rotatable bonds is 1. The summed E-state index contributed by atoms with van der Waals surface area (Å²) in [5, 5.41) is 2.91. The molecule has 3 heteroatoms. The number of aryl methyl sites for hydroxylation is 1. The van der Waals surface area contributed by atoms with Crippen molar-refractivity contribution in [3.8, 4) is 0 Å². The second-order valence-corrected chi connectivity index (χ2v) is 4.81. The SMILES string of the molecule is Cc1cccc(N2CCNC(=O)C2(C)C)c1. The number of anilines is 1. The van der Waals surface area contributed by atoms with E-state index in [1.807, 2.05) is 19.9 Å². The van der Waals surface area contributed by atoms with Gasteiger partial charge in [0.2, 0.25) is 5.91 Å². The number of benzene rings is 1. The second kappa shape index (κ2) is 3.81. The maximum atomic E-state index is 11.8. The molecule has 1 N–H and O–H groups in total. The fourth-order valence-electron chi connectivity index (χ4n) is 2.15. The van der Waals surface area contributed by atoms with Gasteiger partial charge in [0.05, 0.1) is 0 Å². The van der Waals surface area contributed by atoms with E-state index in [1.165, 1.54) is 5.56 Å². The monoisotopic (exact) mass is 218 g/mol. The molecule has 1 amide bonds. The smallest absolute Gasteiger partial charge is 0.245 e. The fraction of sp³-hybridized carbons (Fsp3) is 0.462. The molecule has 2 rings (SSSR count). The van der Waals surface area contributed by atoms with Crippen molar-refractivity contribution in [1.29, 1.82) is 0 Å². The molecule has 3 nitrogen and oxygen atoms in total. The molecule has 1 aliphatic heterocycles. The molecular formula is C13H18N2O. The molecule has 0 aromatic heterocycles. The minimum Gasteiger partial charge on any atom is -0.356 e. The van der Waals surface area contributed by atoms with Crippen LogP contribution in [0.2, 0.25) is 0 Å². The number of hydrogen-bond acceptors (Lipinski definition) is 2. The molecule has 16 heavy (non-hydrogen) atoms. The quantitative estimate of drug-likeness (QED) is 0.778. The van der Waals surface area contributed by atoms with E-state index >= 15 is 0 Å². The predicted octanol–water partition coefficient (Wildman–Crippen LogP) is 1.71. The van der Waals surface area contributed by atoms with Gasteiger partial charge in [0, 0.05) is 18.8 Å². The van der Waals surface area contributed by atoms with Crippen molar-refractivity contribution in [3.05, 3.63) is 29.8 Å². The average Bonchev–Trinajstić information content (AvgIpc) is 2.22. The third-order valence-corrected chi connectivity index (χ3v) is 3.16. The van der Waals surface area contributed by atoms with Crippen molar-refractivity contribution in [2.45, 2.75) is 26.3 Å². The highest BCUT2D eigenvalue weighted by atomic mass is 16.2. The predicted molar refractivity (Wildman–Crippen MR) is 65.6 cm³/mol. The lowest BCUT2D eigenvalue weighted by Crippen LogP contribution is -2.62. The maximum absolute atomic E-state index is 11.8. The van der Waals surface area contributed by atoms with Crippen molar-refractivity contribution in [1.82, 2.24) is 5.32 Å². The first-order chi connectivity index (χ1) is 7.51. The Morgan fingerprint density at radius 1 is 1.38 bits per heavy atom. The van der Waals surface area contributed by atoms with Crippen LogP contribution in [0.25, 0.3) is 0 Å². The molecule has 0 bridgehead atoms. The largest absolute Gasteiger partial charge is 0.356 e. The van der Waals surface area contributed by atoms with Gasteiger partial charge in [-0.3, -0.25) is 4.79 Å². The maximum Gasteiger partial charge on any atom is 0.245 e. The Bertz CT molecular complexity index is 412. The summed E-state index contributed by atoms with van der Waals surface area (Å²) in [6, 6.07) is 8.29. The number of carbonyl (C=O) groups excluding carboxylic acids is 1. The van der Waals surface area contributed by atoms with Crippen LogP contribution in [0.1, 0.15) is 19.4 Å². The zero-order chi connectivity index (χ0) is 11.8. The third kappa shape index (κ3) is 1.77. The van der Waals surface area contributed by atoms with Crippen molar-refractivity contribution < 1.29 is 4.79 Å². The van der Waals surface area contributed by atoms with Crippen LogP contribution in [0.3, 0.4) is 0 Å². The summed E-state index contributed by atoms with van der Waals surface area (Å²) in [7, 11) is 0. The average molecular weight is 218 g/mol. The van der Waals surface area contributed by atoms with Gasteiger partial charge in [-0.25, -0.2) is 0 Å². The van der Waals surface area contributed by atoms with Gasteiger partial charge in [0.1, 0.15) is 5.54 Å². The zero-order valence-corrected chi connectivity index (χ0v) is 10.1. The molecule has 0 spiro atoms. The summed E-state index contributed by atoms with van der Waals surface area (Å²) in [5.41, 5.74) is 1.88. The first-order valence-corrected chi connectivity index (χ1v) is 5.64. The second-order valence-electron chi connectivity index (χ2n) is 4.81. The number of hydrogen-bond donors (Lipinski definition) is 1. The Kier molecular flexibility index (Phi) is 2.62. The number of piperazine rings is 1. The molecule has 1 aromatic rings. The lowest BCUT2D eigenvalue weighted by Gasteiger charge is -2.43. The number of nitrogens with one attached hydrogen (secondary N) is 1. The van der Waals surface area contributed by atoms with Crippen LogP contribution in [-0.2, 0) is 4.79 Å². The molecule has 0 radical (unpaired) electrons. The van der Waals surface area contributed by atoms with Crippen molar-refractivity contribution in [2.24, 2.45) is 0 Å². The van der Waals surface area contributed by atoms with Crippen LogP contribution in [-0.4, -0.2) is 24.5 Å². The van der Waals surface area contributed by atoms with E-state index < -0.39 is 5.54 Å². The van der Waals surface area contributed by atoms with Gasteiger partial charge in [-0.15, -0.1) is 0 Å². The highest BCUT2D eigenvalue weighted by Crippen LogP contribution is 2.26. The number of nitrogens with zero attached hydrogens (tertiary/aromatic N) is 1. The number of carbonyl (C=O) groups is 1. The van der Waals surface area contributed by atoms with Gasteiger partial charge in [-0.05, 0) is 38.5 Å². The Hall–Kier alpha value is -1.51. The number of amides is 1. The summed E-state index contributed by atoms with van der Waals surface area (Å²) in [6.07, 6.45) is 0. The van der Waals surface area contributed by atoms with Crippen LogP contribution in [0.4, 0.5) is 5.69 Å². The normalized spacial score (nSPS) is 19.4. The summed E-state index contributed by atoms with van der Waals surface area (Å²) in [4.78, 5) is 14.0. The van der Waals surface area contributed by atoms with Crippen LogP contribution in [0.15, 0.2) is 24.3 Å². The van der Waals surface area contributed by atoms with E-state index in [0.717, 1.165) is 18.8 Å². The molecular weight excluding hydrogens is 200 g/mol. The van der Waals surface area contributed by atoms with Gasteiger partial charge >= 0.3 is 0 Å². The lowest BCUT2D eigenvalue weighted by atomic mass is 9.97. The third-order valence-electron chi connectivity index (χ3n) is 3.16. The van der Waals surface area contributed by atoms with E-state index in [-0.39, 0.29) is 5.91 Å². The molecule has 0 unspecified atom stereocenters. The minimum atomic E-state index is -0.466. The first-order valence-electron chi connectivity index (χ1n) is 5.64. The molecule has 1 fully saturated rings. The van der Waals surface area contributed by atoms with E-state index in [0.29, 0.717) is 0 Å². The molecule has 0 aliphatic carbocycles. The van der Waals surface area contributed by atoms with E-state index in [9.17, 15) is 4.79 Å². The van der Waals surface area contributed by atoms with Crippen molar-refractivity contribution in [3.63, 3.8) is 0 Å². The van der Waals surface area contributed by atoms with E-state index in [1.54, 1.807) is 0 Å². The molecule has 0 atom stereocenters. The molecule has 86 valence electrons. The van der Waals surface area contributed by atoms with Gasteiger partial charge < -0.3 is 10.2 Å². The fourth-order valence-corrected chi connectivity index (χ4v) is 2.15. The topological polar surface area (TPSA) is 32.3 Å². The zero-order valence-electron chi connectivity index (χ0n) is 10.1.